The van der Waals surface area contributed by atoms with Gasteiger partial charge in [0.2, 0.25) is 0 Å². The zero-order chi connectivity index (χ0) is 11.4. The lowest BCUT2D eigenvalue weighted by Gasteiger charge is -2.06. The summed E-state index contributed by atoms with van der Waals surface area (Å²) in [5.41, 5.74) is 0.155. The highest BCUT2D eigenvalue weighted by Crippen LogP contribution is 2.30. The van der Waals surface area contributed by atoms with Gasteiger partial charge in [-0.2, -0.15) is 0 Å². The normalized spacial score (nSPS) is 19.3. The summed E-state index contributed by atoms with van der Waals surface area (Å²) in [4.78, 5) is 15.4. The Morgan fingerprint density at radius 3 is 3.31 bits per heavy atom. The van der Waals surface area contributed by atoms with Crippen molar-refractivity contribution in [2.24, 2.45) is 0 Å². The van der Waals surface area contributed by atoms with E-state index in [1.54, 1.807) is 0 Å². The SMILES string of the molecule is C#CCOC(=O)c1ncoc1[C@H]1CCCO1. The molecule has 0 spiro atoms. The van der Waals surface area contributed by atoms with Crippen LogP contribution in [-0.2, 0) is 9.47 Å². The van der Waals surface area contributed by atoms with E-state index in [0.717, 1.165) is 12.8 Å². The van der Waals surface area contributed by atoms with Crippen LogP contribution in [0.2, 0.25) is 0 Å². The van der Waals surface area contributed by atoms with Crippen LogP contribution >= 0.6 is 0 Å². The molecule has 5 nitrogen and oxygen atoms in total. The van der Waals surface area contributed by atoms with E-state index < -0.39 is 5.97 Å². The van der Waals surface area contributed by atoms with E-state index in [1.165, 1.54) is 6.39 Å². The summed E-state index contributed by atoms with van der Waals surface area (Å²) < 4.78 is 15.4. The Kier molecular flexibility index (Phi) is 3.22. The largest absolute Gasteiger partial charge is 0.448 e. The predicted octanol–water partition coefficient (Wildman–Crippen LogP) is 1.32. The number of hydrogen-bond acceptors (Lipinski definition) is 5. The van der Waals surface area contributed by atoms with E-state index >= 15 is 0 Å². The van der Waals surface area contributed by atoms with Crippen molar-refractivity contribution in [2.45, 2.75) is 18.9 Å². The van der Waals surface area contributed by atoms with Gasteiger partial charge in [0.25, 0.3) is 0 Å². The minimum Gasteiger partial charge on any atom is -0.448 e. The molecule has 0 aromatic carbocycles. The predicted molar refractivity (Wildman–Crippen MR) is 53.5 cm³/mol. The van der Waals surface area contributed by atoms with Crippen LogP contribution in [0.3, 0.4) is 0 Å². The van der Waals surface area contributed by atoms with Gasteiger partial charge in [-0.25, -0.2) is 9.78 Å². The van der Waals surface area contributed by atoms with Crippen LogP contribution in [-0.4, -0.2) is 24.2 Å². The monoisotopic (exact) mass is 221 g/mol. The van der Waals surface area contributed by atoms with Crippen molar-refractivity contribution >= 4 is 5.97 Å². The van der Waals surface area contributed by atoms with Crippen molar-refractivity contribution in [3.8, 4) is 12.3 Å². The number of aromatic nitrogens is 1. The topological polar surface area (TPSA) is 61.6 Å². The highest BCUT2D eigenvalue weighted by atomic mass is 16.5. The summed E-state index contributed by atoms with van der Waals surface area (Å²) in [5.74, 6) is 2.07. The first kappa shape index (κ1) is 10.7. The Morgan fingerprint density at radius 1 is 1.75 bits per heavy atom. The van der Waals surface area contributed by atoms with Crippen molar-refractivity contribution in [2.75, 3.05) is 13.2 Å². The summed E-state index contributed by atoms with van der Waals surface area (Å²) >= 11 is 0. The second-order valence-electron chi connectivity index (χ2n) is 3.35. The van der Waals surface area contributed by atoms with Crippen LogP contribution in [0, 0.1) is 12.3 Å². The number of nitrogens with zero attached hydrogens (tertiary/aromatic N) is 1. The number of esters is 1. The van der Waals surface area contributed by atoms with Crippen molar-refractivity contribution in [1.29, 1.82) is 0 Å². The molecule has 1 fully saturated rings. The third kappa shape index (κ3) is 2.07. The maximum Gasteiger partial charge on any atom is 0.361 e. The molecule has 0 unspecified atom stereocenters. The maximum atomic E-state index is 11.5. The molecule has 16 heavy (non-hydrogen) atoms. The molecule has 1 saturated heterocycles. The Morgan fingerprint density at radius 2 is 2.62 bits per heavy atom. The molecular weight excluding hydrogens is 210 g/mol. The van der Waals surface area contributed by atoms with Crippen LogP contribution < -0.4 is 0 Å². The summed E-state index contributed by atoms with van der Waals surface area (Å²) in [6.07, 6.45) is 7.78. The molecule has 1 aliphatic rings. The van der Waals surface area contributed by atoms with Crippen molar-refractivity contribution < 1.29 is 18.7 Å². The minimum absolute atomic E-state index is 0.0728. The second-order valence-corrected chi connectivity index (χ2v) is 3.35. The van der Waals surface area contributed by atoms with Crippen LogP contribution in [0.15, 0.2) is 10.8 Å². The van der Waals surface area contributed by atoms with Gasteiger partial charge < -0.3 is 13.9 Å². The molecule has 0 saturated carbocycles. The lowest BCUT2D eigenvalue weighted by atomic mass is 10.1. The van der Waals surface area contributed by atoms with Crippen LogP contribution in [0.5, 0.6) is 0 Å². The Balaban J connectivity index is 2.12. The van der Waals surface area contributed by atoms with Gasteiger partial charge in [-0.15, -0.1) is 6.42 Å². The van der Waals surface area contributed by atoms with Gasteiger partial charge in [-0.1, -0.05) is 5.92 Å². The van der Waals surface area contributed by atoms with E-state index in [2.05, 4.69) is 10.9 Å². The molecule has 0 N–H and O–H groups in total. The van der Waals surface area contributed by atoms with E-state index in [-0.39, 0.29) is 18.4 Å². The molecular formula is C11H11NO4. The molecule has 0 amide bonds. The number of oxazole rings is 1. The van der Waals surface area contributed by atoms with Crippen LogP contribution in [0.4, 0.5) is 0 Å². The van der Waals surface area contributed by atoms with E-state index in [9.17, 15) is 4.79 Å². The fraction of sp³-hybridized carbons (Fsp3) is 0.455. The molecule has 1 aromatic heterocycles. The van der Waals surface area contributed by atoms with Gasteiger partial charge in [0.1, 0.15) is 6.10 Å². The van der Waals surface area contributed by atoms with Crippen molar-refractivity contribution in [1.82, 2.24) is 4.98 Å². The zero-order valence-electron chi connectivity index (χ0n) is 8.64. The molecule has 0 aliphatic carbocycles. The van der Waals surface area contributed by atoms with Gasteiger partial charge in [-0.05, 0) is 12.8 Å². The number of terminal acetylenes is 1. The molecule has 84 valence electrons. The summed E-state index contributed by atoms with van der Waals surface area (Å²) in [6.45, 7) is 0.598. The molecule has 1 aliphatic heterocycles. The molecule has 5 heteroatoms. The molecule has 2 rings (SSSR count). The minimum atomic E-state index is -0.572. The smallest absolute Gasteiger partial charge is 0.361 e. The van der Waals surface area contributed by atoms with Crippen LogP contribution in [0.1, 0.15) is 35.2 Å². The lowest BCUT2D eigenvalue weighted by molar-refractivity contribution is 0.0528. The van der Waals surface area contributed by atoms with Gasteiger partial charge in [0, 0.05) is 6.61 Å². The number of rotatable bonds is 3. The van der Waals surface area contributed by atoms with Crippen LogP contribution in [0.25, 0.3) is 0 Å². The third-order valence-corrected chi connectivity index (χ3v) is 2.30. The molecule has 0 radical (unpaired) electrons. The molecule has 0 bridgehead atoms. The third-order valence-electron chi connectivity index (χ3n) is 2.30. The molecule has 1 atom stereocenters. The molecule has 2 heterocycles. The van der Waals surface area contributed by atoms with Crippen molar-refractivity contribution in [3.63, 3.8) is 0 Å². The van der Waals surface area contributed by atoms with Gasteiger partial charge in [0.05, 0.1) is 0 Å². The standard InChI is InChI=1S/C11H11NO4/c1-2-5-15-11(13)9-10(16-7-12-9)8-4-3-6-14-8/h1,7-8H,3-6H2/t8-/m1/s1. The number of ether oxygens (including phenoxy) is 2. The number of carbonyl (C=O) groups excluding carboxylic acids is 1. The zero-order valence-corrected chi connectivity index (χ0v) is 8.64. The number of carbonyl (C=O) groups is 1. The Labute approximate surface area is 92.7 Å². The van der Waals surface area contributed by atoms with E-state index in [4.69, 9.17) is 20.3 Å². The first-order valence-electron chi connectivity index (χ1n) is 4.98. The van der Waals surface area contributed by atoms with E-state index in [0.29, 0.717) is 12.4 Å². The maximum absolute atomic E-state index is 11.5. The second kappa shape index (κ2) is 4.81. The Bertz CT molecular complexity index is 412. The summed E-state index contributed by atoms with van der Waals surface area (Å²) in [7, 11) is 0. The lowest BCUT2D eigenvalue weighted by Crippen LogP contribution is -2.10. The number of hydrogen-bond donors (Lipinski definition) is 0. The van der Waals surface area contributed by atoms with Crippen molar-refractivity contribution in [3.05, 3.63) is 17.8 Å². The van der Waals surface area contributed by atoms with Gasteiger partial charge in [0.15, 0.2) is 24.5 Å². The highest BCUT2D eigenvalue weighted by molar-refractivity contribution is 5.88. The fourth-order valence-electron chi connectivity index (χ4n) is 1.60. The quantitative estimate of drug-likeness (QED) is 0.569. The van der Waals surface area contributed by atoms with Gasteiger partial charge >= 0.3 is 5.97 Å². The highest BCUT2D eigenvalue weighted by Gasteiger charge is 2.28. The summed E-state index contributed by atoms with van der Waals surface area (Å²) in [6, 6.07) is 0. The Hall–Kier alpha value is -1.80. The van der Waals surface area contributed by atoms with E-state index in [1.807, 2.05) is 0 Å². The first-order valence-corrected chi connectivity index (χ1v) is 4.98. The first-order chi connectivity index (χ1) is 7.83. The average Bonchev–Trinajstić information content (AvgIpc) is 2.94. The van der Waals surface area contributed by atoms with Gasteiger partial charge in [-0.3, -0.25) is 0 Å². The summed E-state index contributed by atoms with van der Waals surface area (Å²) in [5, 5.41) is 0. The fourth-order valence-corrected chi connectivity index (χ4v) is 1.60. The molecule has 1 aromatic rings. The average molecular weight is 221 g/mol.